The molecule has 0 unspecified atom stereocenters. The fourth-order valence-corrected chi connectivity index (χ4v) is 7.29. The molecular weight excluding hydrogens is 544 g/mol. The lowest BCUT2D eigenvalue weighted by atomic mass is 10.0. The van der Waals surface area contributed by atoms with Crippen molar-refractivity contribution in [3.63, 3.8) is 0 Å². The Hall–Kier alpha value is -1.31. The summed E-state index contributed by atoms with van der Waals surface area (Å²) in [5.74, 6) is 1.46. The van der Waals surface area contributed by atoms with E-state index in [1.165, 1.54) is 235 Å². The molecule has 0 spiro atoms. The van der Waals surface area contributed by atoms with E-state index in [1.807, 2.05) is 0 Å². The molecule has 2 aromatic rings. The molecular formula is C43H79N2+. The number of imidazole rings is 1. The zero-order chi connectivity index (χ0) is 31.9. The Morgan fingerprint density at radius 1 is 0.400 bits per heavy atom. The van der Waals surface area contributed by atoms with Gasteiger partial charge in [0.1, 0.15) is 0 Å². The number of aryl methyl sites for hydroxylation is 2. The number of aromatic amines is 1. The molecule has 0 radical (unpaired) electrons. The van der Waals surface area contributed by atoms with Crippen LogP contribution in [0.25, 0.3) is 11.0 Å². The van der Waals surface area contributed by atoms with Crippen molar-refractivity contribution in [2.45, 2.75) is 232 Å². The maximum Gasteiger partial charge on any atom is 0.255 e. The van der Waals surface area contributed by atoms with Crippen LogP contribution >= 0.6 is 0 Å². The number of para-hydroxylation sites is 2. The standard InChI is InChI=1S/C43H78N2/c1-3-5-7-9-11-13-15-17-19-21-23-25-27-29-31-33-39-43-44-41-37-34-35-38-42(41)45(43)40-36-32-30-28-26-24-22-20-18-16-14-12-10-8-6-4-2/h34-35,37-38H,3-33,36,39-40H2,1-2H3/p+1. The zero-order valence-corrected chi connectivity index (χ0v) is 30.8. The van der Waals surface area contributed by atoms with Gasteiger partial charge in [-0.15, -0.1) is 0 Å². The summed E-state index contributed by atoms with van der Waals surface area (Å²) < 4.78 is 2.62. The Balaban J connectivity index is 1.45. The number of nitrogens with zero attached hydrogens (tertiary/aromatic N) is 1. The molecule has 0 atom stereocenters. The number of H-pyrrole nitrogens is 1. The summed E-state index contributed by atoms with van der Waals surface area (Å²) in [6.07, 6.45) is 47.2. The largest absolute Gasteiger partial charge is 0.255 e. The third kappa shape index (κ3) is 21.2. The molecule has 0 aliphatic rings. The van der Waals surface area contributed by atoms with E-state index in [-0.39, 0.29) is 0 Å². The summed E-state index contributed by atoms with van der Waals surface area (Å²) in [6, 6.07) is 8.96. The number of hydrogen-bond acceptors (Lipinski definition) is 0. The molecule has 0 saturated carbocycles. The molecule has 2 nitrogen and oxygen atoms in total. The van der Waals surface area contributed by atoms with Crippen molar-refractivity contribution in [1.29, 1.82) is 0 Å². The molecule has 0 fully saturated rings. The number of unbranched alkanes of at least 4 members (excludes halogenated alkanes) is 30. The molecule has 260 valence electrons. The number of aromatic nitrogens is 2. The van der Waals surface area contributed by atoms with Gasteiger partial charge in [0.25, 0.3) is 5.82 Å². The van der Waals surface area contributed by atoms with Gasteiger partial charge >= 0.3 is 0 Å². The molecule has 0 aliphatic carbocycles. The van der Waals surface area contributed by atoms with Crippen LogP contribution in [0.15, 0.2) is 24.3 Å². The van der Waals surface area contributed by atoms with E-state index in [0.717, 1.165) is 0 Å². The molecule has 2 rings (SSSR count). The summed E-state index contributed by atoms with van der Waals surface area (Å²) in [6.45, 7) is 5.79. The molecule has 1 N–H and O–H groups in total. The molecule has 0 amide bonds. The van der Waals surface area contributed by atoms with Crippen LogP contribution in [0.3, 0.4) is 0 Å². The zero-order valence-electron chi connectivity index (χ0n) is 30.8. The number of fused-ring (bicyclic) bond motifs is 1. The topological polar surface area (TPSA) is 19.7 Å². The molecule has 2 heteroatoms. The summed E-state index contributed by atoms with van der Waals surface area (Å²) >= 11 is 0. The lowest BCUT2D eigenvalue weighted by molar-refractivity contribution is -0.679. The maximum absolute atomic E-state index is 3.78. The summed E-state index contributed by atoms with van der Waals surface area (Å²) in [4.78, 5) is 3.78. The van der Waals surface area contributed by atoms with E-state index in [1.54, 1.807) is 0 Å². The van der Waals surface area contributed by atoms with Crippen molar-refractivity contribution in [2.24, 2.45) is 0 Å². The van der Waals surface area contributed by atoms with Crippen LogP contribution in [-0.2, 0) is 13.0 Å². The van der Waals surface area contributed by atoms with Crippen LogP contribution in [0.2, 0.25) is 0 Å². The van der Waals surface area contributed by atoms with Crippen molar-refractivity contribution in [3.8, 4) is 0 Å². The second-order valence-corrected chi connectivity index (χ2v) is 14.6. The number of hydrogen-bond donors (Lipinski definition) is 1. The first kappa shape index (κ1) is 39.9. The first-order valence-corrected chi connectivity index (χ1v) is 20.9. The van der Waals surface area contributed by atoms with Gasteiger partial charge < -0.3 is 0 Å². The van der Waals surface area contributed by atoms with Gasteiger partial charge in [0, 0.05) is 6.42 Å². The fourth-order valence-electron chi connectivity index (χ4n) is 7.29. The van der Waals surface area contributed by atoms with Crippen molar-refractivity contribution >= 4 is 11.0 Å². The van der Waals surface area contributed by atoms with Crippen LogP contribution in [0, 0.1) is 0 Å². The minimum atomic E-state index is 1.18. The van der Waals surface area contributed by atoms with Gasteiger partial charge in [0.05, 0.1) is 6.54 Å². The lowest BCUT2D eigenvalue weighted by Gasteiger charge is -2.05. The van der Waals surface area contributed by atoms with Crippen molar-refractivity contribution < 1.29 is 4.57 Å². The van der Waals surface area contributed by atoms with Crippen LogP contribution in [0.5, 0.6) is 0 Å². The third-order valence-corrected chi connectivity index (χ3v) is 10.3. The Morgan fingerprint density at radius 3 is 1.13 bits per heavy atom. The fraction of sp³-hybridized carbons (Fsp3) is 0.837. The van der Waals surface area contributed by atoms with Gasteiger partial charge in [-0.25, -0.2) is 9.55 Å². The lowest BCUT2D eigenvalue weighted by Crippen LogP contribution is -2.37. The molecule has 45 heavy (non-hydrogen) atoms. The number of rotatable bonds is 34. The van der Waals surface area contributed by atoms with E-state index in [2.05, 4.69) is 47.7 Å². The maximum atomic E-state index is 3.78. The van der Waals surface area contributed by atoms with Gasteiger partial charge in [-0.1, -0.05) is 212 Å². The second kappa shape index (κ2) is 30.1. The van der Waals surface area contributed by atoms with Crippen LogP contribution in [-0.4, -0.2) is 4.98 Å². The highest BCUT2D eigenvalue weighted by Gasteiger charge is 2.17. The van der Waals surface area contributed by atoms with Crippen molar-refractivity contribution in [2.75, 3.05) is 0 Å². The van der Waals surface area contributed by atoms with Gasteiger partial charge in [0.2, 0.25) is 0 Å². The molecule has 0 aliphatic heterocycles. The Kier molecular flexibility index (Phi) is 26.6. The molecule has 1 heterocycles. The van der Waals surface area contributed by atoms with E-state index in [4.69, 9.17) is 0 Å². The monoisotopic (exact) mass is 624 g/mol. The molecule has 0 bridgehead atoms. The average molecular weight is 624 g/mol. The quantitative estimate of drug-likeness (QED) is 0.0591. The Labute approximate surface area is 282 Å². The SMILES string of the molecule is CCCCCCCCCCCCCCCCCCc1[nH]c2ccccc2[n+]1CCCCCCCCCCCCCCCCCC. The summed E-state index contributed by atoms with van der Waals surface area (Å²) in [7, 11) is 0. The highest BCUT2D eigenvalue weighted by molar-refractivity contribution is 5.71. The minimum Gasteiger partial charge on any atom is -0.241 e. The normalized spacial score (nSPS) is 11.7. The second-order valence-electron chi connectivity index (χ2n) is 14.6. The first-order valence-electron chi connectivity index (χ1n) is 20.9. The van der Waals surface area contributed by atoms with Gasteiger partial charge in [-0.3, -0.25) is 0 Å². The number of nitrogens with one attached hydrogen (secondary N) is 1. The van der Waals surface area contributed by atoms with Crippen LogP contribution < -0.4 is 4.57 Å². The number of benzene rings is 1. The highest BCUT2D eigenvalue weighted by atomic mass is 15.1. The van der Waals surface area contributed by atoms with Crippen molar-refractivity contribution in [1.82, 2.24) is 4.98 Å². The van der Waals surface area contributed by atoms with Crippen molar-refractivity contribution in [3.05, 3.63) is 30.1 Å². The molecule has 1 aromatic heterocycles. The van der Waals surface area contributed by atoms with E-state index in [9.17, 15) is 0 Å². The third-order valence-electron chi connectivity index (χ3n) is 10.3. The average Bonchev–Trinajstić information content (AvgIpc) is 3.41. The Morgan fingerprint density at radius 2 is 0.733 bits per heavy atom. The van der Waals surface area contributed by atoms with Gasteiger partial charge in [-0.2, -0.15) is 0 Å². The van der Waals surface area contributed by atoms with Crippen LogP contribution in [0.1, 0.15) is 225 Å². The smallest absolute Gasteiger partial charge is 0.241 e. The first-order chi connectivity index (χ1) is 22.4. The van der Waals surface area contributed by atoms with Gasteiger partial charge in [-0.05, 0) is 31.4 Å². The summed E-state index contributed by atoms with van der Waals surface area (Å²) in [5.41, 5.74) is 2.73. The van der Waals surface area contributed by atoms with E-state index < -0.39 is 0 Å². The Bertz CT molecular complexity index is 883. The molecule has 0 saturated heterocycles. The van der Waals surface area contributed by atoms with E-state index >= 15 is 0 Å². The van der Waals surface area contributed by atoms with Crippen LogP contribution in [0.4, 0.5) is 0 Å². The summed E-state index contributed by atoms with van der Waals surface area (Å²) in [5, 5.41) is 0. The molecule has 1 aromatic carbocycles. The van der Waals surface area contributed by atoms with E-state index in [0.29, 0.717) is 0 Å². The van der Waals surface area contributed by atoms with Gasteiger partial charge in [0.15, 0.2) is 11.0 Å². The predicted octanol–water partition coefficient (Wildman–Crippen LogP) is 14.5. The minimum absolute atomic E-state index is 1.18. The predicted molar refractivity (Wildman–Crippen MR) is 201 cm³/mol. The highest BCUT2D eigenvalue weighted by Crippen LogP contribution is 2.17.